The molecule has 0 bridgehead atoms. The minimum absolute atomic E-state index is 0.00211. The average molecular weight is 304 g/mol. The van der Waals surface area contributed by atoms with Crippen molar-refractivity contribution in [1.29, 1.82) is 0 Å². The normalized spacial score (nSPS) is 19.2. The van der Waals surface area contributed by atoms with E-state index in [1.54, 1.807) is 0 Å². The SMILES string of the molecule is CC(=O)NCCNc1ccc(C2CCCN(C(C)C)C2)nc1. The zero-order valence-electron chi connectivity index (χ0n) is 13.9. The third-order valence-electron chi connectivity index (χ3n) is 4.22. The molecule has 2 heterocycles. The van der Waals surface area contributed by atoms with E-state index in [9.17, 15) is 4.79 Å². The summed E-state index contributed by atoms with van der Waals surface area (Å²) in [4.78, 5) is 18.0. The van der Waals surface area contributed by atoms with Gasteiger partial charge in [0.15, 0.2) is 0 Å². The molecule has 0 saturated carbocycles. The van der Waals surface area contributed by atoms with E-state index < -0.39 is 0 Å². The lowest BCUT2D eigenvalue weighted by molar-refractivity contribution is -0.118. The Morgan fingerprint density at radius 1 is 1.41 bits per heavy atom. The zero-order chi connectivity index (χ0) is 15.9. The van der Waals surface area contributed by atoms with Crippen molar-refractivity contribution in [1.82, 2.24) is 15.2 Å². The van der Waals surface area contributed by atoms with Crippen LogP contribution in [-0.4, -0.2) is 48.0 Å². The second kappa shape index (κ2) is 8.13. The Bertz CT molecular complexity index is 472. The van der Waals surface area contributed by atoms with Gasteiger partial charge in [-0.25, -0.2) is 0 Å². The number of carbonyl (C=O) groups excluding carboxylic acids is 1. The zero-order valence-corrected chi connectivity index (χ0v) is 13.9. The molecule has 2 rings (SSSR count). The maximum Gasteiger partial charge on any atom is 0.216 e. The van der Waals surface area contributed by atoms with Gasteiger partial charge in [0, 0.05) is 44.2 Å². The standard InChI is InChI=1S/C17H28N4O/c1-13(2)21-10-4-5-15(12-21)17-7-6-16(11-20-17)19-9-8-18-14(3)22/h6-7,11,13,15,19H,4-5,8-10,12H2,1-3H3,(H,18,22). The number of nitrogens with zero attached hydrogens (tertiary/aromatic N) is 2. The van der Waals surface area contributed by atoms with E-state index in [2.05, 4.69) is 46.5 Å². The summed E-state index contributed by atoms with van der Waals surface area (Å²) in [5.74, 6) is 0.548. The highest BCUT2D eigenvalue weighted by atomic mass is 16.1. The van der Waals surface area contributed by atoms with Gasteiger partial charge in [0.25, 0.3) is 0 Å². The van der Waals surface area contributed by atoms with Crippen LogP contribution in [0.3, 0.4) is 0 Å². The molecule has 5 heteroatoms. The van der Waals surface area contributed by atoms with Crippen LogP contribution in [0.1, 0.15) is 45.2 Å². The van der Waals surface area contributed by atoms with Crippen molar-refractivity contribution < 1.29 is 4.79 Å². The molecule has 0 aromatic carbocycles. The van der Waals surface area contributed by atoms with Crippen molar-refractivity contribution in [2.45, 2.75) is 45.6 Å². The molecular weight excluding hydrogens is 276 g/mol. The Labute approximate surface area is 133 Å². The lowest BCUT2D eigenvalue weighted by Crippen LogP contribution is -2.39. The lowest BCUT2D eigenvalue weighted by atomic mass is 9.93. The molecule has 22 heavy (non-hydrogen) atoms. The number of hydrogen-bond acceptors (Lipinski definition) is 4. The molecule has 122 valence electrons. The minimum Gasteiger partial charge on any atom is -0.382 e. The van der Waals surface area contributed by atoms with E-state index in [0.717, 1.165) is 12.2 Å². The molecule has 0 aliphatic carbocycles. The van der Waals surface area contributed by atoms with Crippen LogP contribution >= 0.6 is 0 Å². The number of hydrogen-bond donors (Lipinski definition) is 2. The van der Waals surface area contributed by atoms with Gasteiger partial charge in [0.2, 0.25) is 5.91 Å². The Balaban J connectivity index is 1.84. The van der Waals surface area contributed by atoms with Gasteiger partial charge in [-0.2, -0.15) is 0 Å². The smallest absolute Gasteiger partial charge is 0.216 e. The van der Waals surface area contributed by atoms with Gasteiger partial charge in [0.05, 0.1) is 11.9 Å². The first-order valence-electron chi connectivity index (χ1n) is 8.24. The third kappa shape index (κ3) is 4.98. The van der Waals surface area contributed by atoms with Crippen molar-refractivity contribution in [3.05, 3.63) is 24.0 Å². The third-order valence-corrected chi connectivity index (χ3v) is 4.22. The summed E-state index contributed by atoms with van der Waals surface area (Å²) in [5, 5.41) is 6.04. The number of likely N-dealkylation sites (tertiary alicyclic amines) is 1. The van der Waals surface area contributed by atoms with Crippen LogP contribution in [0.25, 0.3) is 0 Å². The molecule has 1 amide bonds. The van der Waals surface area contributed by atoms with Crippen LogP contribution in [0, 0.1) is 0 Å². The van der Waals surface area contributed by atoms with Crippen LogP contribution in [0.5, 0.6) is 0 Å². The van der Waals surface area contributed by atoms with Gasteiger partial charge in [0.1, 0.15) is 0 Å². The van der Waals surface area contributed by atoms with Crippen LogP contribution < -0.4 is 10.6 Å². The van der Waals surface area contributed by atoms with Gasteiger partial charge < -0.3 is 15.5 Å². The summed E-state index contributed by atoms with van der Waals surface area (Å²) in [5.41, 5.74) is 2.20. The topological polar surface area (TPSA) is 57.3 Å². The van der Waals surface area contributed by atoms with Crippen molar-refractivity contribution in [3.63, 3.8) is 0 Å². The second-order valence-electron chi connectivity index (χ2n) is 6.31. The van der Waals surface area contributed by atoms with Crippen molar-refractivity contribution in [3.8, 4) is 0 Å². The van der Waals surface area contributed by atoms with Crippen molar-refractivity contribution in [2.75, 3.05) is 31.5 Å². The molecule has 5 nitrogen and oxygen atoms in total. The van der Waals surface area contributed by atoms with Crippen LogP contribution in [0.15, 0.2) is 18.3 Å². The Morgan fingerprint density at radius 2 is 2.23 bits per heavy atom. The molecule has 1 saturated heterocycles. The number of nitrogens with one attached hydrogen (secondary N) is 2. The molecule has 0 radical (unpaired) electrons. The van der Waals surface area contributed by atoms with E-state index in [4.69, 9.17) is 0 Å². The highest BCUT2D eigenvalue weighted by molar-refractivity contribution is 5.72. The number of carbonyl (C=O) groups is 1. The summed E-state index contributed by atoms with van der Waals surface area (Å²) < 4.78 is 0. The monoisotopic (exact) mass is 304 g/mol. The van der Waals surface area contributed by atoms with Crippen molar-refractivity contribution in [2.24, 2.45) is 0 Å². The first kappa shape index (κ1) is 16.7. The maximum atomic E-state index is 10.8. The van der Waals surface area contributed by atoms with E-state index in [1.807, 2.05) is 6.20 Å². The molecule has 1 unspecified atom stereocenters. The van der Waals surface area contributed by atoms with E-state index in [1.165, 1.54) is 32.0 Å². The predicted octanol–water partition coefficient (Wildman–Crippen LogP) is 2.22. The van der Waals surface area contributed by atoms with Crippen LogP contribution in [0.2, 0.25) is 0 Å². The minimum atomic E-state index is 0.00211. The first-order valence-corrected chi connectivity index (χ1v) is 8.24. The van der Waals surface area contributed by atoms with Gasteiger partial charge in [-0.15, -0.1) is 0 Å². The largest absolute Gasteiger partial charge is 0.382 e. The molecule has 1 aliphatic rings. The summed E-state index contributed by atoms with van der Waals surface area (Å²) >= 11 is 0. The fourth-order valence-electron chi connectivity index (χ4n) is 2.91. The molecule has 1 aromatic rings. The van der Waals surface area contributed by atoms with Gasteiger partial charge in [-0.3, -0.25) is 9.78 Å². The van der Waals surface area contributed by atoms with E-state index in [0.29, 0.717) is 25.0 Å². The summed E-state index contributed by atoms with van der Waals surface area (Å²) in [7, 11) is 0. The Morgan fingerprint density at radius 3 is 2.86 bits per heavy atom. The molecule has 1 aliphatic heterocycles. The average Bonchev–Trinajstić information content (AvgIpc) is 2.52. The molecule has 0 spiro atoms. The Hall–Kier alpha value is -1.62. The number of rotatable bonds is 6. The highest BCUT2D eigenvalue weighted by Gasteiger charge is 2.23. The van der Waals surface area contributed by atoms with Gasteiger partial charge >= 0.3 is 0 Å². The number of piperidine rings is 1. The molecule has 1 aromatic heterocycles. The number of pyridine rings is 1. The summed E-state index contributed by atoms with van der Waals surface area (Å²) in [6.07, 6.45) is 4.38. The molecule has 1 atom stereocenters. The van der Waals surface area contributed by atoms with Gasteiger partial charge in [-0.05, 0) is 45.4 Å². The predicted molar refractivity (Wildman–Crippen MR) is 90.1 cm³/mol. The number of amides is 1. The highest BCUT2D eigenvalue weighted by Crippen LogP contribution is 2.27. The van der Waals surface area contributed by atoms with E-state index in [-0.39, 0.29) is 5.91 Å². The molecular formula is C17H28N4O. The number of aromatic nitrogens is 1. The Kier molecular flexibility index (Phi) is 6.19. The fourth-order valence-corrected chi connectivity index (χ4v) is 2.91. The van der Waals surface area contributed by atoms with Crippen LogP contribution in [0.4, 0.5) is 5.69 Å². The maximum absolute atomic E-state index is 10.8. The quantitative estimate of drug-likeness (QED) is 0.791. The van der Waals surface area contributed by atoms with Crippen LogP contribution in [-0.2, 0) is 4.79 Å². The van der Waals surface area contributed by atoms with E-state index >= 15 is 0 Å². The van der Waals surface area contributed by atoms with Gasteiger partial charge in [-0.1, -0.05) is 0 Å². The van der Waals surface area contributed by atoms with Crippen molar-refractivity contribution >= 4 is 11.6 Å². The molecule has 2 N–H and O–H groups in total. The summed E-state index contributed by atoms with van der Waals surface area (Å²) in [6.45, 7) is 9.71. The number of anilines is 1. The summed E-state index contributed by atoms with van der Waals surface area (Å²) in [6, 6.07) is 4.83. The molecule has 1 fully saturated rings. The second-order valence-corrected chi connectivity index (χ2v) is 6.31. The fraction of sp³-hybridized carbons (Fsp3) is 0.647. The first-order chi connectivity index (χ1) is 10.6. The lowest BCUT2D eigenvalue weighted by Gasteiger charge is -2.35.